The van der Waals surface area contributed by atoms with Crippen LogP contribution in [0.1, 0.15) is 12.5 Å². The van der Waals surface area contributed by atoms with Gasteiger partial charge >= 0.3 is 0 Å². The highest BCUT2D eigenvalue weighted by molar-refractivity contribution is 7.99. The van der Waals surface area contributed by atoms with Crippen LogP contribution in [0.4, 0.5) is 5.69 Å². The normalized spacial score (nSPS) is 14.2. The lowest BCUT2D eigenvalue weighted by molar-refractivity contribution is -0.387. The summed E-state index contributed by atoms with van der Waals surface area (Å²) < 4.78 is 0. The number of phenolic OH excluding ortho intramolecular Hbond substituents is 1. The largest absolute Gasteiger partial charge is 0.508 e. The van der Waals surface area contributed by atoms with Crippen molar-refractivity contribution in [1.82, 2.24) is 9.80 Å². The number of carbonyl (C=O) groups is 2. The van der Waals surface area contributed by atoms with Crippen LogP contribution in [-0.2, 0) is 9.59 Å². The molecule has 1 saturated heterocycles. The Bertz CT molecular complexity index is 983. The minimum absolute atomic E-state index is 0.00443. The summed E-state index contributed by atoms with van der Waals surface area (Å²) in [5, 5.41) is 20.9. The molecule has 1 heterocycles. The number of hydrogen-bond acceptors (Lipinski definition) is 6. The van der Waals surface area contributed by atoms with Gasteiger partial charge in [-0.3, -0.25) is 19.7 Å². The number of nitro groups is 1. The summed E-state index contributed by atoms with van der Waals surface area (Å²) >= 11 is 1.23. The lowest BCUT2D eigenvalue weighted by Crippen LogP contribution is -2.49. The van der Waals surface area contributed by atoms with Gasteiger partial charge in [0.25, 0.3) is 5.69 Å². The maximum Gasteiger partial charge on any atom is 0.283 e. The first kappa shape index (κ1) is 21.4. The fourth-order valence-electron chi connectivity index (χ4n) is 3.02. The van der Waals surface area contributed by atoms with Crippen LogP contribution in [0.25, 0.3) is 6.08 Å². The molecule has 0 saturated carbocycles. The zero-order valence-electron chi connectivity index (χ0n) is 16.4. The van der Waals surface area contributed by atoms with Gasteiger partial charge in [0.2, 0.25) is 11.8 Å². The van der Waals surface area contributed by atoms with Crippen molar-refractivity contribution in [3.63, 3.8) is 0 Å². The molecule has 3 rings (SSSR count). The van der Waals surface area contributed by atoms with Crippen molar-refractivity contribution >= 4 is 35.3 Å². The quantitative estimate of drug-likeness (QED) is 0.447. The molecule has 8 nitrogen and oxygen atoms in total. The predicted molar refractivity (Wildman–Crippen MR) is 113 cm³/mol. The summed E-state index contributed by atoms with van der Waals surface area (Å²) in [5.41, 5.74) is 0.491. The van der Waals surface area contributed by atoms with Gasteiger partial charge in [-0.25, -0.2) is 0 Å². The van der Waals surface area contributed by atoms with Crippen molar-refractivity contribution in [3.8, 4) is 5.75 Å². The molecular weight excluding hydrogens is 406 g/mol. The lowest BCUT2D eigenvalue weighted by atomic mass is 10.2. The highest BCUT2D eigenvalue weighted by Crippen LogP contribution is 2.36. The molecule has 156 valence electrons. The van der Waals surface area contributed by atoms with Gasteiger partial charge in [0.15, 0.2) is 0 Å². The van der Waals surface area contributed by atoms with E-state index in [1.54, 1.807) is 40.1 Å². The van der Waals surface area contributed by atoms with Gasteiger partial charge in [-0.2, -0.15) is 0 Å². The van der Waals surface area contributed by atoms with Crippen molar-refractivity contribution in [1.29, 1.82) is 0 Å². The summed E-state index contributed by atoms with van der Waals surface area (Å²) in [6.45, 7) is 3.44. The van der Waals surface area contributed by atoms with E-state index in [2.05, 4.69) is 0 Å². The number of carbonyl (C=O) groups excluding carboxylic acids is 2. The minimum Gasteiger partial charge on any atom is -0.508 e. The van der Waals surface area contributed by atoms with Gasteiger partial charge in [-0.05, 0) is 42.0 Å². The van der Waals surface area contributed by atoms with Crippen LogP contribution >= 0.6 is 11.8 Å². The van der Waals surface area contributed by atoms with Crippen molar-refractivity contribution in [2.24, 2.45) is 0 Å². The maximum atomic E-state index is 12.4. The third kappa shape index (κ3) is 5.38. The number of piperazine rings is 1. The Balaban J connectivity index is 1.69. The van der Waals surface area contributed by atoms with Gasteiger partial charge in [0, 0.05) is 50.1 Å². The van der Waals surface area contributed by atoms with E-state index in [1.807, 2.05) is 0 Å². The van der Waals surface area contributed by atoms with E-state index in [4.69, 9.17) is 0 Å². The van der Waals surface area contributed by atoms with Crippen LogP contribution in [0.5, 0.6) is 5.75 Å². The Morgan fingerprint density at radius 3 is 2.30 bits per heavy atom. The number of hydrogen-bond donors (Lipinski definition) is 1. The van der Waals surface area contributed by atoms with Crippen molar-refractivity contribution in [2.75, 3.05) is 26.2 Å². The average Bonchev–Trinajstić information content (AvgIpc) is 2.74. The molecule has 2 amide bonds. The molecule has 0 radical (unpaired) electrons. The van der Waals surface area contributed by atoms with E-state index in [0.717, 1.165) is 4.90 Å². The smallest absolute Gasteiger partial charge is 0.283 e. The van der Waals surface area contributed by atoms with Crippen molar-refractivity contribution < 1.29 is 19.6 Å². The average molecular weight is 427 g/mol. The molecule has 0 bridgehead atoms. The first-order chi connectivity index (χ1) is 14.3. The predicted octanol–water partition coefficient (Wildman–Crippen LogP) is 3.16. The van der Waals surface area contributed by atoms with E-state index < -0.39 is 4.92 Å². The fraction of sp³-hybridized carbons (Fsp3) is 0.238. The minimum atomic E-state index is -0.455. The number of nitro benzene ring substituents is 1. The molecule has 0 spiro atoms. The molecule has 1 aliphatic heterocycles. The van der Waals surface area contributed by atoms with Crippen molar-refractivity contribution in [3.05, 3.63) is 64.2 Å². The highest BCUT2D eigenvalue weighted by Gasteiger charge is 2.21. The summed E-state index contributed by atoms with van der Waals surface area (Å²) in [5.74, 6) is -0.0691. The van der Waals surface area contributed by atoms with Crippen LogP contribution in [-0.4, -0.2) is 57.8 Å². The van der Waals surface area contributed by atoms with Gasteiger partial charge in [0.05, 0.1) is 9.82 Å². The number of aromatic hydroxyl groups is 1. The highest BCUT2D eigenvalue weighted by atomic mass is 32.2. The monoisotopic (exact) mass is 427 g/mol. The van der Waals surface area contributed by atoms with Crippen LogP contribution in [0.15, 0.2) is 58.3 Å². The van der Waals surface area contributed by atoms with Crippen LogP contribution in [0.2, 0.25) is 0 Å². The summed E-state index contributed by atoms with van der Waals surface area (Å²) in [4.78, 5) is 39.4. The van der Waals surface area contributed by atoms with E-state index in [-0.39, 0.29) is 23.3 Å². The van der Waals surface area contributed by atoms with E-state index in [0.29, 0.717) is 36.6 Å². The van der Waals surface area contributed by atoms with Crippen LogP contribution < -0.4 is 0 Å². The number of amides is 2. The van der Waals surface area contributed by atoms with Gasteiger partial charge in [-0.15, -0.1) is 0 Å². The SMILES string of the molecule is CC(=O)N1CCN(C(=O)C=Cc2ccc(Sc3ccc(O)cc3)c([N+](=O)[O-])c2)CC1. The second kappa shape index (κ2) is 9.45. The van der Waals surface area contributed by atoms with E-state index in [1.165, 1.54) is 43.0 Å². The second-order valence-electron chi connectivity index (χ2n) is 6.74. The molecule has 0 aliphatic carbocycles. The topological polar surface area (TPSA) is 104 Å². The number of benzene rings is 2. The Morgan fingerprint density at radius 1 is 1.07 bits per heavy atom. The molecule has 1 aliphatic rings. The molecule has 1 N–H and O–H groups in total. The molecule has 2 aromatic rings. The molecule has 0 unspecified atom stereocenters. The summed E-state index contributed by atoms with van der Waals surface area (Å²) in [6.07, 6.45) is 2.96. The van der Waals surface area contributed by atoms with Crippen LogP contribution in [0.3, 0.4) is 0 Å². The van der Waals surface area contributed by atoms with Crippen molar-refractivity contribution in [2.45, 2.75) is 16.7 Å². The fourth-order valence-corrected chi connectivity index (χ4v) is 3.92. The molecular formula is C21H21N3O5S. The zero-order valence-corrected chi connectivity index (χ0v) is 17.2. The molecule has 0 atom stereocenters. The first-order valence-electron chi connectivity index (χ1n) is 9.31. The van der Waals surface area contributed by atoms with Gasteiger partial charge in [-0.1, -0.05) is 17.8 Å². The first-order valence-corrected chi connectivity index (χ1v) is 10.1. The lowest BCUT2D eigenvalue weighted by Gasteiger charge is -2.33. The standard InChI is InChI=1S/C21H21N3O5S/c1-15(25)22-10-12-23(13-11-22)21(27)9-3-16-2-8-20(19(14-16)24(28)29)30-18-6-4-17(26)5-7-18/h2-9,14,26H,10-13H2,1H3. The molecule has 1 fully saturated rings. The van der Waals surface area contributed by atoms with Gasteiger partial charge in [0.1, 0.15) is 5.75 Å². The third-order valence-electron chi connectivity index (χ3n) is 4.70. The third-order valence-corrected chi connectivity index (χ3v) is 5.77. The Kier molecular flexibility index (Phi) is 6.73. The molecule has 2 aromatic carbocycles. The van der Waals surface area contributed by atoms with Crippen LogP contribution in [0, 0.1) is 10.1 Å². The Labute approximate surface area is 177 Å². The number of nitrogens with zero attached hydrogens (tertiary/aromatic N) is 3. The molecule has 0 aromatic heterocycles. The Hall–Kier alpha value is -3.33. The van der Waals surface area contributed by atoms with E-state index >= 15 is 0 Å². The molecule has 9 heteroatoms. The Morgan fingerprint density at radius 2 is 1.70 bits per heavy atom. The zero-order chi connectivity index (χ0) is 21.7. The van der Waals surface area contributed by atoms with Gasteiger partial charge < -0.3 is 14.9 Å². The maximum absolute atomic E-state index is 12.4. The number of phenols is 1. The molecule has 30 heavy (non-hydrogen) atoms. The van der Waals surface area contributed by atoms with E-state index in [9.17, 15) is 24.8 Å². The summed E-state index contributed by atoms with van der Waals surface area (Å²) in [6, 6.07) is 11.2. The summed E-state index contributed by atoms with van der Waals surface area (Å²) in [7, 11) is 0. The second-order valence-corrected chi connectivity index (χ2v) is 7.86. The number of rotatable bonds is 5.